The van der Waals surface area contributed by atoms with E-state index in [-0.39, 0.29) is 24.9 Å². The lowest BCUT2D eigenvalue weighted by atomic mass is 9.79. The van der Waals surface area contributed by atoms with Crippen molar-refractivity contribution in [3.05, 3.63) is 83.1 Å². The Balaban J connectivity index is 0.752. The van der Waals surface area contributed by atoms with Crippen molar-refractivity contribution in [3.63, 3.8) is 0 Å². The fourth-order valence-electron chi connectivity index (χ4n) is 10.8. The van der Waals surface area contributed by atoms with Gasteiger partial charge in [0.05, 0.1) is 60.0 Å². The fraction of sp³-hybridized carbons (Fsp3) is 0.511. The molecule has 0 spiro atoms. The zero-order chi connectivity index (χ0) is 43.2. The number of nitriles is 2. The number of alkyl halides is 1. The standard InChI is InChI=1S/C47H51FN12O3/c1-28(22-49)53-39-21-42(60-45-34(24-52-60)18-33(23-50)44(55-45)38-20-37-19-35(38)27-63-37)51-25-41(39)59-26-40(56-57-59)32-4-2-29(3-5-32)11-15-58-16-12-31(13-17-58)30-6-8-36(9-7-30)47(48)14-10-43(61)54-46(47)62/h6-9,18,21,24-26,28-29,31-32,35,37-38H,2-5,10-17,19-20,27H2,1H3,(H,51,53)(H,54,61,62)/t28-,29?,32?,35-,37-,38?,47+/m1/s1. The molecule has 1 aromatic carbocycles. The van der Waals surface area contributed by atoms with Crippen LogP contribution in [0.15, 0.2) is 55.0 Å². The number of hydrogen-bond donors (Lipinski definition) is 2. The summed E-state index contributed by atoms with van der Waals surface area (Å²) in [5.41, 5.74) is 3.64. The minimum Gasteiger partial charge on any atom is -0.378 e. The number of carbonyl (C=O) groups excluding carboxylic acids is 2. The number of pyridine rings is 2. The topological polar surface area (TPSA) is 193 Å². The second kappa shape index (κ2) is 16.9. The van der Waals surface area contributed by atoms with Crippen LogP contribution in [0, 0.1) is 34.5 Å². The van der Waals surface area contributed by atoms with Gasteiger partial charge in [0.15, 0.2) is 11.5 Å². The number of amides is 2. The quantitative estimate of drug-likeness (QED) is 0.135. The van der Waals surface area contributed by atoms with E-state index < -0.39 is 23.5 Å². The van der Waals surface area contributed by atoms with Crippen molar-refractivity contribution in [2.45, 2.75) is 113 Å². The predicted octanol–water partition coefficient (Wildman–Crippen LogP) is 6.63. The van der Waals surface area contributed by atoms with Gasteiger partial charge in [-0.15, -0.1) is 5.10 Å². The summed E-state index contributed by atoms with van der Waals surface area (Å²) in [6.07, 6.45) is 15.1. The van der Waals surface area contributed by atoms with Crippen LogP contribution in [0.3, 0.4) is 0 Å². The van der Waals surface area contributed by atoms with E-state index in [1.165, 1.54) is 12.0 Å². The number of hydrogen-bond acceptors (Lipinski definition) is 12. The van der Waals surface area contributed by atoms with Crippen molar-refractivity contribution in [1.29, 1.82) is 10.5 Å². The maximum Gasteiger partial charge on any atom is 0.268 e. The largest absolute Gasteiger partial charge is 0.378 e. The van der Waals surface area contributed by atoms with Gasteiger partial charge in [0.1, 0.15) is 17.8 Å². The number of piperidine rings is 2. The molecular formula is C47H51FN12O3. The number of nitrogens with one attached hydrogen (secondary N) is 2. The van der Waals surface area contributed by atoms with Crippen LogP contribution in [-0.2, 0) is 20.0 Å². The van der Waals surface area contributed by atoms with E-state index in [9.17, 15) is 20.1 Å². The van der Waals surface area contributed by atoms with Gasteiger partial charge in [-0.3, -0.25) is 14.9 Å². The lowest BCUT2D eigenvalue weighted by Crippen LogP contribution is -2.49. The fourth-order valence-corrected chi connectivity index (χ4v) is 10.8. The molecule has 2 aliphatic carbocycles. The average Bonchev–Trinajstić information content (AvgIpc) is 4.16. The molecule has 5 aromatic rings. The Morgan fingerprint density at radius 3 is 2.56 bits per heavy atom. The molecule has 4 aromatic heterocycles. The van der Waals surface area contributed by atoms with E-state index in [1.807, 2.05) is 30.5 Å². The molecule has 324 valence electrons. The molecular weight excluding hydrogens is 800 g/mol. The van der Waals surface area contributed by atoms with Crippen LogP contribution in [0.2, 0.25) is 0 Å². The van der Waals surface area contributed by atoms with Crippen molar-refractivity contribution < 1.29 is 18.7 Å². The van der Waals surface area contributed by atoms with Crippen molar-refractivity contribution in [3.8, 4) is 23.6 Å². The maximum absolute atomic E-state index is 15.5. The first-order valence-electron chi connectivity index (χ1n) is 22.5. The number of carbonyl (C=O) groups is 2. The maximum atomic E-state index is 15.5. The Morgan fingerprint density at radius 1 is 1.03 bits per heavy atom. The molecule has 2 N–H and O–H groups in total. The molecule has 2 bridgehead atoms. The molecule has 7 heterocycles. The number of halogens is 1. The molecule has 3 aliphatic heterocycles. The van der Waals surface area contributed by atoms with Gasteiger partial charge < -0.3 is 15.0 Å². The van der Waals surface area contributed by atoms with Gasteiger partial charge in [-0.05, 0) is 119 Å². The molecule has 10 rings (SSSR count). The van der Waals surface area contributed by atoms with E-state index in [2.05, 4.69) is 43.1 Å². The monoisotopic (exact) mass is 850 g/mol. The van der Waals surface area contributed by atoms with Gasteiger partial charge in [0, 0.05) is 36.1 Å². The van der Waals surface area contributed by atoms with Gasteiger partial charge in [-0.25, -0.2) is 19.0 Å². The third-order valence-electron chi connectivity index (χ3n) is 14.5. The van der Waals surface area contributed by atoms with E-state index in [0.29, 0.717) is 64.2 Å². The van der Waals surface area contributed by atoms with E-state index in [0.717, 1.165) is 87.8 Å². The number of nitrogens with zero attached hydrogens (tertiary/aromatic N) is 10. The summed E-state index contributed by atoms with van der Waals surface area (Å²) >= 11 is 0. The molecule has 5 fully saturated rings. The number of anilines is 1. The SMILES string of the molecule is C[C@H](C#N)Nc1cc(-n2ncc3cc(C#N)c(C4C[C@H]5C[C@@H]4CO5)nc32)ncc1-n1cc(C2CCC(CCN3CCC(c4ccc([C@@]5(F)CCC(=O)NC5=O)cc4)CC3)CC2)nn1. The second-order valence-corrected chi connectivity index (χ2v) is 18.4. The number of ether oxygens (including phenoxy) is 1. The van der Waals surface area contributed by atoms with Crippen LogP contribution >= 0.6 is 0 Å². The lowest BCUT2D eigenvalue weighted by molar-refractivity contribution is -0.144. The molecule has 5 aliphatic rings. The highest BCUT2D eigenvalue weighted by atomic mass is 19.1. The summed E-state index contributed by atoms with van der Waals surface area (Å²) in [4.78, 5) is 36.3. The zero-order valence-electron chi connectivity index (χ0n) is 35.4. The Morgan fingerprint density at radius 2 is 1.84 bits per heavy atom. The van der Waals surface area contributed by atoms with E-state index in [1.54, 1.807) is 40.8 Å². The van der Waals surface area contributed by atoms with Gasteiger partial charge in [0.25, 0.3) is 5.91 Å². The summed E-state index contributed by atoms with van der Waals surface area (Å²) in [7, 11) is 0. The van der Waals surface area contributed by atoms with Crippen molar-refractivity contribution >= 4 is 28.5 Å². The smallest absolute Gasteiger partial charge is 0.268 e. The van der Waals surface area contributed by atoms with E-state index in [4.69, 9.17) is 14.7 Å². The molecule has 63 heavy (non-hydrogen) atoms. The summed E-state index contributed by atoms with van der Waals surface area (Å²) in [5.74, 6) is 1.16. The first-order valence-corrected chi connectivity index (χ1v) is 22.5. The third kappa shape index (κ3) is 7.95. The normalized spacial score (nSPS) is 27.0. The highest BCUT2D eigenvalue weighted by Crippen LogP contribution is 2.47. The van der Waals surface area contributed by atoms with Crippen LogP contribution in [0.1, 0.15) is 123 Å². The van der Waals surface area contributed by atoms with Crippen molar-refractivity contribution in [1.82, 2.24) is 45.0 Å². The van der Waals surface area contributed by atoms with Gasteiger partial charge in [0.2, 0.25) is 11.6 Å². The van der Waals surface area contributed by atoms with Gasteiger partial charge >= 0.3 is 0 Å². The molecule has 0 radical (unpaired) electrons. The summed E-state index contributed by atoms with van der Waals surface area (Å²) in [6, 6.07) is 15.2. The van der Waals surface area contributed by atoms with E-state index >= 15 is 4.39 Å². The minimum absolute atomic E-state index is 0.00351. The third-order valence-corrected chi connectivity index (χ3v) is 14.5. The summed E-state index contributed by atoms with van der Waals surface area (Å²) in [6.45, 7) is 5.63. The van der Waals surface area contributed by atoms with Crippen LogP contribution < -0.4 is 10.6 Å². The average molecular weight is 851 g/mol. The lowest BCUT2D eigenvalue weighted by Gasteiger charge is -2.34. The van der Waals surface area contributed by atoms with Crippen molar-refractivity contribution in [2.24, 2.45) is 11.8 Å². The van der Waals surface area contributed by atoms with Crippen LogP contribution in [0.25, 0.3) is 22.5 Å². The highest BCUT2D eigenvalue weighted by Gasteiger charge is 2.45. The van der Waals surface area contributed by atoms with Crippen molar-refractivity contribution in [2.75, 3.05) is 31.6 Å². The number of benzene rings is 1. The Kier molecular flexibility index (Phi) is 11.0. The molecule has 1 unspecified atom stereocenters. The summed E-state index contributed by atoms with van der Waals surface area (Å²) < 4.78 is 24.8. The Labute approximate surface area is 365 Å². The summed E-state index contributed by atoms with van der Waals surface area (Å²) in [5, 5.41) is 39.8. The number of likely N-dealkylation sites (tertiary alicyclic amines) is 1. The molecule has 15 nitrogen and oxygen atoms in total. The number of rotatable bonds is 11. The van der Waals surface area contributed by atoms with Gasteiger partial charge in [-0.1, -0.05) is 29.5 Å². The van der Waals surface area contributed by atoms with Crippen LogP contribution in [0.4, 0.5) is 10.1 Å². The minimum atomic E-state index is -2.15. The molecule has 2 saturated carbocycles. The Bertz CT molecular complexity index is 2620. The predicted molar refractivity (Wildman–Crippen MR) is 230 cm³/mol. The van der Waals surface area contributed by atoms with Gasteiger partial charge in [-0.2, -0.15) is 20.3 Å². The molecule has 3 saturated heterocycles. The first-order chi connectivity index (χ1) is 30.6. The Hall–Kier alpha value is -6.10. The molecule has 2 amide bonds. The highest BCUT2D eigenvalue weighted by molar-refractivity contribution is 6.02. The number of aromatic nitrogens is 7. The van der Waals surface area contributed by atoms with Crippen LogP contribution in [0.5, 0.6) is 0 Å². The zero-order valence-corrected chi connectivity index (χ0v) is 35.4. The van der Waals surface area contributed by atoms with Crippen LogP contribution in [-0.4, -0.2) is 89.8 Å². The first kappa shape index (κ1) is 40.9. The number of imide groups is 1. The second-order valence-electron chi connectivity index (χ2n) is 18.4. The number of fused-ring (bicyclic) bond motifs is 3. The molecule has 16 heteroatoms. The molecule has 5 atom stereocenters.